The summed E-state index contributed by atoms with van der Waals surface area (Å²) < 4.78 is 7.84. The molecule has 0 unspecified atom stereocenters. The molecular formula is C19H25N5O2. The summed E-state index contributed by atoms with van der Waals surface area (Å²) in [7, 11) is 1.95. The highest BCUT2D eigenvalue weighted by atomic mass is 16.5. The first-order chi connectivity index (χ1) is 12.7. The van der Waals surface area contributed by atoms with Gasteiger partial charge in [0, 0.05) is 44.0 Å². The van der Waals surface area contributed by atoms with E-state index in [2.05, 4.69) is 26.5 Å². The molecule has 1 N–H and O–H groups in total. The lowest BCUT2D eigenvalue weighted by molar-refractivity contribution is -0.118. The first kappa shape index (κ1) is 17.2. The van der Waals surface area contributed by atoms with Gasteiger partial charge in [-0.25, -0.2) is 0 Å². The fourth-order valence-corrected chi connectivity index (χ4v) is 4.16. The predicted molar refractivity (Wildman–Crippen MR) is 97.3 cm³/mol. The number of anilines is 1. The molecule has 2 saturated heterocycles. The van der Waals surface area contributed by atoms with Crippen molar-refractivity contribution >= 4 is 11.6 Å². The molecule has 0 aliphatic carbocycles. The molecule has 0 spiro atoms. The number of aromatic nitrogens is 3. The number of nitrogens with zero attached hydrogens (tertiary/aromatic N) is 4. The van der Waals surface area contributed by atoms with E-state index in [1.165, 1.54) is 5.56 Å². The van der Waals surface area contributed by atoms with E-state index in [4.69, 9.17) is 4.74 Å². The van der Waals surface area contributed by atoms with Crippen LogP contribution in [-0.2, 0) is 23.1 Å². The molecule has 2 fully saturated rings. The minimum atomic E-state index is 0.00133. The summed E-state index contributed by atoms with van der Waals surface area (Å²) in [5.41, 5.74) is 1.98. The second-order valence-electron chi connectivity index (χ2n) is 7.34. The summed E-state index contributed by atoms with van der Waals surface area (Å²) in [6, 6.07) is 3.66. The number of hydrogen-bond acceptors (Lipinski definition) is 5. The highest BCUT2D eigenvalue weighted by Gasteiger charge is 2.41. The Hall–Kier alpha value is -2.25. The Morgan fingerprint density at radius 1 is 1.42 bits per heavy atom. The van der Waals surface area contributed by atoms with Crippen LogP contribution in [0.4, 0.5) is 5.69 Å². The Balaban J connectivity index is 1.29. The maximum atomic E-state index is 12.3. The maximum absolute atomic E-state index is 12.3. The van der Waals surface area contributed by atoms with E-state index in [9.17, 15) is 4.79 Å². The van der Waals surface area contributed by atoms with Crippen molar-refractivity contribution in [2.24, 2.45) is 18.9 Å². The number of fused-ring (bicyclic) bond motifs is 1. The number of rotatable bonds is 5. The Morgan fingerprint density at radius 2 is 2.35 bits per heavy atom. The number of pyridine rings is 1. The van der Waals surface area contributed by atoms with Crippen LogP contribution in [0.15, 0.2) is 36.9 Å². The lowest BCUT2D eigenvalue weighted by atomic mass is 9.83. The van der Waals surface area contributed by atoms with E-state index >= 15 is 0 Å². The average molecular weight is 355 g/mol. The molecule has 3 atom stereocenters. The largest absolute Gasteiger partial charge is 0.377 e. The third kappa shape index (κ3) is 3.94. The fourth-order valence-electron chi connectivity index (χ4n) is 4.16. The lowest BCUT2D eigenvalue weighted by Crippen LogP contribution is -2.41. The minimum absolute atomic E-state index is 0.00133. The van der Waals surface area contributed by atoms with E-state index < -0.39 is 0 Å². The van der Waals surface area contributed by atoms with Gasteiger partial charge in [0.2, 0.25) is 5.91 Å². The van der Waals surface area contributed by atoms with Crippen LogP contribution < -0.4 is 5.32 Å². The van der Waals surface area contributed by atoms with Gasteiger partial charge in [0.1, 0.15) is 0 Å². The van der Waals surface area contributed by atoms with Crippen molar-refractivity contribution in [3.05, 3.63) is 42.5 Å². The Morgan fingerprint density at radius 3 is 3.12 bits per heavy atom. The molecule has 1 amide bonds. The van der Waals surface area contributed by atoms with E-state index in [1.807, 2.05) is 30.1 Å². The van der Waals surface area contributed by atoms with Crippen LogP contribution >= 0.6 is 0 Å². The van der Waals surface area contributed by atoms with Gasteiger partial charge in [0.25, 0.3) is 0 Å². The fraction of sp³-hybridized carbons (Fsp3) is 0.526. The van der Waals surface area contributed by atoms with Gasteiger partial charge < -0.3 is 10.1 Å². The van der Waals surface area contributed by atoms with Gasteiger partial charge in [-0.2, -0.15) is 5.10 Å². The second-order valence-corrected chi connectivity index (χ2v) is 7.34. The second kappa shape index (κ2) is 7.55. The smallest absolute Gasteiger partial charge is 0.227 e. The maximum Gasteiger partial charge on any atom is 0.227 e. The van der Waals surface area contributed by atoms with E-state index in [0.29, 0.717) is 18.3 Å². The van der Waals surface area contributed by atoms with Crippen LogP contribution in [0.25, 0.3) is 0 Å². The van der Waals surface area contributed by atoms with Gasteiger partial charge in [0.15, 0.2) is 0 Å². The van der Waals surface area contributed by atoms with Crippen molar-refractivity contribution in [3.63, 3.8) is 0 Å². The number of amides is 1. The van der Waals surface area contributed by atoms with Gasteiger partial charge in [-0.05, 0) is 31.0 Å². The van der Waals surface area contributed by atoms with Crippen LogP contribution in [-0.4, -0.2) is 51.4 Å². The van der Waals surface area contributed by atoms with E-state index in [-0.39, 0.29) is 12.0 Å². The van der Waals surface area contributed by atoms with Crippen molar-refractivity contribution in [1.29, 1.82) is 0 Å². The number of ether oxygens (including phenoxy) is 1. The minimum Gasteiger partial charge on any atom is -0.377 e. The molecule has 4 heterocycles. The molecule has 7 heteroatoms. The average Bonchev–Trinajstić information content (AvgIpc) is 3.22. The van der Waals surface area contributed by atoms with Crippen LogP contribution in [0.1, 0.15) is 18.4 Å². The molecule has 2 aromatic heterocycles. The molecule has 7 nitrogen and oxygen atoms in total. The van der Waals surface area contributed by atoms with Crippen LogP contribution in [0.2, 0.25) is 0 Å². The quantitative estimate of drug-likeness (QED) is 0.883. The molecule has 0 aromatic carbocycles. The third-order valence-electron chi connectivity index (χ3n) is 5.38. The molecule has 2 aliphatic rings. The van der Waals surface area contributed by atoms with Gasteiger partial charge in [-0.1, -0.05) is 0 Å². The summed E-state index contributed by atoms with van der Waals surface area (Å²) in [6.45, 7) is 3.75. The molecule has 2 aliphatic heterocycles. The highest BCUT2D eigenvalue weighted by Crippen LogP contribution is 2.36. The number of nitrogens with one attached hydrogen (secondary N) is 1. The predicted octanol–water partition coefficient (Wildman–Crippen LogP) is 1.68. The van der Waals surface area contributed by atoms with Crippen LogP contribution in [0.5, 0.6) is 0 Å². The first-order valence-corrected chi connectivity index (χ1v) is 9.19. The number of hydrogen-bond donors (Lipinski definition) is 1. The summed E-state index contributed by atoms with van der Waals surface area (Å²) in [6.07, 6.45) is 8.88. The van der Waals surface area contributed by atoms with E-state index in [0.717, 1.165) is 38.3 Å². The molecular weight excluding hydrogens is 330 g/mol. The zero-order chi connectivity index (χ0) is 17.9. The van der Waals surface area contributed by atoms with Crippen molar-refractivity contribution in [2.45, 2.75) is 25.5 Å². The summed E-state index contributed by atoms with van der Waals surface area (Å²) in [5.74, 6) is 0.984. The Labute approximate surface area is 153 Å². The summed E-state index contributed by atoms with van der Waals surface area (Å²) in [5, 5.41) is 7.15. The van der Waals surface area contributed by atoms with Crippen molar-refractivity contribution < 1.29 is 9.53 Å². The number of aryl methyl sites for hydroxylation is 1. The molecule has 2 aromatic rings. The molecule has 0 saturated carbocycles. The normalized spacial score (nSPS) is 25.8. The van der Waals surface area contributed by atoms with Crippen molar-refractivity contribution in [2.75, 3.05) is 25.0 Å². The zero-order valence-electron chi connectivity index (χ0n) is 15.0. The molecule has 138 valence electrons. The monoisotopic (exact) mass is 355 g/mol. The standard InChI is InChI=1S/C19H25N5O2/c1-23-10-14(8-21-23)11-24-6-4-17-15(12-24)13-26-18(17)7-19(25)22-16-3-2-5-20-9-16/h2-3,5,8-10,15,17-18H,4,6-7,11-13H2,1H3,(H,22,25)/t15-,17-,18-/m1/s1. The zero-order valence-corrected chi connectivity index (χ0v) is 15.0. The lowest BCUT2D eigenvalue weighted by Gasteiger charge is -2.35. The molecule has 26 heavy (non-hydrogen) atoms. The topological polar surface area (TPSA) is 72.3 Å². The summed E-state index contributed by atoms with van der Waals surface area (Å²) >= 11 is 0. The Kier molecular flexibility index (Phi) is 4.99. The van der Waals surface area contributed by atoms with Gasteiger partial charge in [-0.3, -0.25) is 19.4 Å². The van der Waals surface area contributed by atoms with Gasteiger partial charge in [-0.15, -0.1) is 0 Å². The number of likely N-dealkylation sites (tertiary alicyclic amines) is 1. The third-order valence-corrected chi connectivity index (χ3v) is 5.38. The highest BCUT2D eigenvalue weighted by molar-refractivity contribution is 5.90. The van der Waals surface area contributed by atoms with Gasteiger partial charge in [0.05, 0.1) is 37.2 Å². The number of piperidine rings is 1. The molecule has 0 bridgehead atoms. The van der Waals surface area contributed by atoms with Crippen LogP contribution in [0, 0.1) is 11.8 Å². The number of carbonyl (C=O) groups excluding carboxylic acids is 1. The first-order valence-electron chi connectivity index (χ1n) is 9.19. The summed E-state index contributed by atoms with van der Waals surface area (Å²) in [4.78, 5) is 18.8. The van der Waals surface area contributed by atoms with Crippen molar-refractivity contribution in [1.82, 2.24) is 19.7 Å². The SMILES string of the molecule is Cn1cc(CN2CC[C@@H]3[C@@H](CO[C@@H]3CC(=O)Nc3cccnc3)C2)cn1. The van der Waals surface area contributed by atoms with Crippen LogP contribution in [0.3, 0.4) is 0 Å². The molecule has 0 radical (unpaired) electrons. The van der Waals surface area contributed by atoms with Gasteiger partial charge >= 0.3 is 0 Å². The Bertz CT molecular complexity index is 747. The van der Waals surface area contributed by atoms with Crippen molar-refractivity contribution in [3.8, 4) is 0 Å². The molecule has 4 rings (SSSR count). The number of carbonyl (C=O) groups is 1. The van der Waals surface area contributed by atoms with E-state index in [1.54, 1.807) is 12.4 Å².